The zero-order valence-corrected chi connectivity index (χ0v) is 23.1. The van der Waals surface area contributed by atoms with Crippen molar-refractivity contribution in [1.29, 1.82) is 0 Å². The first-order valence-electron chi connectivity index (χ1n) is 12.1. The predicted molar refractivity (Wildman–Crippen MR) is 156 cm³/mol. The molecule has 1 saturated heterocycles. The number of anilines is 1. The minimum absolute atomic E-state index is 0.0510. The van der Waals surface area contributed by atoms with Crippen molar-refractivity contribution in [3.8, 4) is 11.5 Å². The third-order valence-electron chi connectivity index (χ3n) is 6.07. The average Bonchev–Trinajstić information content (AvgIpc) is 2.92. The average molecular weight is 605 g/mol. The van der Waals surface area contributed by atoms with Gasteiger partial charge in [0.15, 0.2) is 16.6 Å². The highest BCUT2D eigenvalue weighted by Gasteiger charge is 2.35. The number of nitrogens with zero attached hydrogens (tertiary/aromatic N) is 1. The van der Waals surface area contributed by atoms with Crippen molar-refractivity contribution < 1.29 is 23.5 Å². The molecule has 39 heavy (non-hydrogen) atoms. The molecule has 0 bridgehead atoms. The topological polar surface area (TPSA) is 67.9 Å². The molecule has 0 aromatic heterocycles. The van der Waals surface area contributed by atoms with Crippen molar-refractivity contribution in [3.05, 3.63) is 106 Å². The van der Waals surface area contributed by atoms with Gasteiger partial charge in [-0.25, -0.2) is 9.29 Å². The number of carbonyl (C=O) groups excluding carboxylic acids is 2. The fourth-order valence-electron chi connectivity index (χ4n) is 4.20. The van der Waals surface area contributed by atoms with Crippen molar-refractivity contribution in [2.75, 3.05) is 11.5 Å². The van der Waals surface area contributed by atoms with Crippen LogP contribution in [0, 0.1) is 5.82 Å². The number of amides is 2. The van der Waals surface area contributed by atoms with Gasteiger partial charge < -0.3 is 9.47 Å². The summed E-state index contributed by atoms with van der Waals surface area (Å²) in [5.41, 5.74) is 1.23. The van der Waals surface area contributed by atoms with Crippen LogP contribution < -0.4 is 19.7 Å². The SMILES string of the molecule is CCOc1cc(/C=C2\C(=O)NC(=S)N(c3ccccc3F)C2=O)c(Br)cc1OCc1ccc2ccccc2c1. The highest BCUT2D eigenvalue weighted by Crippen LogP contribution is 2.36. The van der Waals surface area contributed by atoms with Crippen LogP contribution in [0.5, 0.6) is 11.5 Å². The molecule has 196 valence electrons. The minimum atomic E-state index is -0.740. The summed E-state index contributed by atoms with van der Waals surface area (Å²) < 4.78 is 27.0. The number of carbonyl (C=O) groups is 2. The molecule has 5 rings (SSSR count). The van der Waals surface area contributed by atoms with Crippen molar-refractivity contribution in [3.63, 3.8) is 0 Å². The summed E-state index contributed by atoms with van der Waals surface area (Å²) in [7, 11) is 0. The molecule has 0 aliphatic carbocycles. The van der Waals surface area contributed by atoms with E-state index in [1.165, 1.54) is 24.3 Å². The zero-order chi connectivity index (χ0) is 27.5. The standard InChI is InChI=1S/C30H22BrFN2O4S/c1-2-37-26-15-21(14-22-28(35)33-30(39)34(29(22)36)25-10-6-5-9-24(25)32)23(31)16-27(26)38-17-18-11-12-19-7-3-4-8-20(19)13-18/h3-16H,2,17H2,1H3,(H,33,35,39)/b22-14+. The smallest absolute Gasteiger partial charge is 0.270 e. The van der Waals surface area contributed by atoms with Crippen LogP contribution in [0.4, 0.5) is 10.1 Å². The van der Waals surface area contributed by atoms with Gasteiger partial charge in [0.1, 0.15) is 18.0 Å². The van der Waals surface area contributed by atoms with Crippen LogP contribution in [0.2, 0.25) is 0 Å². The van der Waals surface area contributed by atoms with E-state index >= 15 is 0 Å². The van der Waals surface area contributed by atoms with Gasteiger partial charge in [0.25, 0.3) is 11.8 Å². The Kier molecular flexibility index (Phi) is 7.72. The van der Waals surface area contributed by atoms with E-state index < -0.39 is 17.6 Å². The van der Waals surface area contributed by atoms with E-state index in [0.29, 0.717) is 34.7 Å². The van der Waals surface area contributed by atoms with Crippen LogP contribution in [0.25, 0.3) is 16.8 Å². The molecule has 1 fully saturated rings. The Morgan fingerprint density at radius 1 is 0.949 bits per heavy atom. The molecule has 2 amide bonds. The van der Waals surface area contributed by atoms with Gasteiger partial charge in [-0.05, 0) is 77.4 Å². The summed E-state index contributed by atoms with van der Waals surface area (Å²) in [5.74, 6) is -1.13. The lowest BCUT2D eigenvalue weighted by Crippen LogP contribution is -2.54. The summed E-state index contributed by atoms with van der Waals surface area (Å²) in [5, 5.41) is 4.54. The van der Waals surface area contributed by atoms with E-state index in [-0.39, 0.29) is 16.4 Å². The van der Waals surface area contributed by atoms with Crippen molar-refractivity contribution in [2.45, 2.75) is 13.5 Å². The number of rotatable bonds is 7. The Morgan fingerprint density at radius 3 is 2.44 bits per heavy atom. The van der Waals surface area contributed by atoms with Crippen LogP contribution >= 0.6 is 28.1 Å². The molecular weight excluding hydrogens is 583 g/mol. The molecule has 4 aromatic carbocycles. The fourth-order valence-corrected chi connectivity index (χ4v) is 4.91. The molecular formula is C30H22BrFN2O4S. The number of benzene rings is 4. The van der Waals surface area contributed by atoms with E-state index in [0.717, 1.165) is 21.2 Å². The van der Waals surface area contributed by atoms with Gasteiger partial charge in [0.05, 0.1) is 12.3 Å². The lowest BCUT2D eigenvalue weighted by Gasteiger charge is -2.29. The van der Waals surface area contributed by atoms with E-state index in [2.05, 4.69) is 33.4 Å². The van der Waals surface area contributed by atoms with E-state index in [9.17, 15) is 14.0 Å². The number of ether oxygens (including phenoxy) is 2. The second kappa shape index (κ2) is 11.3. The maximum absolute atomic E-state index is 14.5. The number of hydrogen-bond acceptors (Lipinski definition) is 5. The van der Waals surface area contributed by atoms with Crippen LogP contribution in [0.3, 0.4) is 0 Å². The molecule has 6 nitrogen and oxygen atoms in total. The van der Waals surface area contributed by atoms with Gasteiger partial charge in [-0.3, -0.25) is 14.9 Å². The number of hydrogen-bond donors (Lipinski definition) is 1. The summed E-state index contributed by atoms with van der Waals surface area (Å²) >= 11 is 8.69. The molecule has 0 radical (unpaired) electrons. The molecule has 0 atom stereocenters. The lowest BCUT2D eigenvalue weighted by molar-refractivity contribution is -0.122. The van der Waals surface area contributed by atoms with Gasteiger partial charge in [-0.1, -0.05) is 64.5 Å². The number of halogens is 2. The van der Waals surface area contributed by atoms with Crippen molar-refractivity contribution in [1.82, 2.24) is 5.32 Å². The Morgan fingerprint density at radius 2 is 1.67 bits per heavy atom. The molecule has 0 spiro atoms. The van der Waals surface area contributed by atoms with Gasteiger partial charge in [-0.2, -0.15) is 0 Å². The first kappa shape index (κ1) is 26.5. The summed E-state index contributed by atoms with van der Waals surface area (Å²) in [6.45, 7) is 2.53. The summed E-state index contributed by atoms with van der Waals surface area (Å²) in [6, 6.07) is 23.3. The predicted octanol–water partition coefficient (Wildman–Crippen LogP) is 6.55. The van der Waals surface area contributed by atoms with Crippen LogP contribution in [-0.4, -0.2) is 23.5 Å². The fraction of sp³-hybridized carbons (Fsp3) is 0.100. The van der Waals surface area contributed by atoms with E-state index in [1.807, 2.05) is 37.3 Å². The summed E-state index contributed by atoms with van der Waals surface area (Å²) in [6.07, 6.45) is 1.41. The van der Waals surface area contributed by atoms with Gasteiger partial charge >= 0.3 is 0 Å². The maximum atomic E-state index is 14.5. The monoisotopic (exact) mass is 604 g/mol. The number of nitrogens with one attached hydrogen (secondary N) is 1. The van der Waals surface area contributed by atoms with Crippen molar-refractivity contribution in [2.24, 2.45) is 0 Å². The normalized spacial score (nSPS) is 14.6. The first-order chi connectivity index (χ1) is 18.9. The van der Waals surface area contributed by atoms with Gasteiger partial charge in [0, 0.05) is 4.47 Å². The number of thiocarbonyl (C=S) groups is 1. The number of fused-ring (bicyclic) bond motifs is 1. The Bertz CT molecular complexity index is 1660. The second-order valence-electron chi connectivity index (χ2n) is 8.63. The Balaban J connectivity index is 1.45. The van der Waals surface area contributed by atoms with Crippen LogP contribution in [0.1, 0.15) is 18.1 Å². The first-order valence-corrected chi connectivity index (χ1v) is 13.3. The van der Waals surface area contributed by atoms with Crippen molar-refractivity contribution >= 4 is 67.6 Å². The largest absolute Gasteiger partial charge is 0.490 e. The van der Waals surface area contributed by atoms with Gasteiger partial charge in [-0.15, -0.1) is 0 Å². The highest BCUT2D eigenvalue weighted by molar-refractivity contribution is 9.10. The quantitative estimate of drug-likeness (QED) is 0.147. The molecule has 1 aliphatic rings. The second-order valence-corrected chi connectivity index (χ2v) is 9.87. The molecule has 1 heterocycles. The molecule has 1 aliphatic heterocycles. The van der Waals surface area contributed by atoms with E-state index in [1.54, 1.807) is 18.2 Å². The maximum Gasteiger partial charge on any atom is 0.270 e. The molecule has 0 saturated carbocycles. The number of para-hydroxylation sites is 1. The van der Waals surface area contributed by atoms with Crippen LogP contribution in [-0.2, 0) is 16.2 Å². The molecule has 0 unspecified atom stereocenters. The van der Waals surface area contributed by atoms with Gasteiger partial charge in [0.2, 0.25) is 0 Å². The highest BCUT2D eigenvalue weighted by atomic mass is 79.9. The minimum Gasteiger partial charge on any atom is -0.490 e. The Labute approximate surface area is 238 Å². The van der Waals surface area contributed by atoms with E-state index in [4.69, 9.17) is 21.7 Å². The third-order valence-corrected chi connectivity index (χ3v) is 7.04. The Hall–Kier alpha value is -4.08. The lowest BCUT2D eigenvalue weighted by atomic mass is 10.1. The summed E-state index contributed by atoms with van der Waals surface area (Å²) in [4.78, 5) is 27.0. The molecule has 9 heteroatoms. The zero-order valence-electron chi connectivity index (χ0n) is 20.7. The molecule has 4 aromatic rings. The third kappa shape index (κ3) is 5.55. The van der Waals surface area contributed by atoms with Crippen LogP contribution in [0.15, 0.2) is 88.9 Å². The molecule has 1 N–H and O–H groups in total.